The third kappa shape index (κ3) is 1.21. The third-order valence-electron chi connectivity index (χ3n) is 1.42. The van der Waals surface area contributed by atoms with Crippen LogP contribution in [-0.2, 0) is 13.0 Å². The Morgan fingerprint density at radius 2 is 2.20 bits per heavy atom. The van der Waals surface area contributed by atoms with Crippen molar-refractivity contribution in [2.45, 2.75) is 26.8 Å². The summed E-state index contributed by atoms with van der Waals surface area (Å²) in [7, 11) is 0. The molecule has 0 N–H and O–H groups in total. The fourth-order valence-electron chi connectivity index (χ4n) is 0.894. The smallest absolute Gasteiger partial charge is 0.151 e. The summed E-state index contributed by atoms with van der Waals surface area (Å²) in [6.45, 7) is 5.04. The number of rotatable bonds is 2. The van der Waals surface area contributed by atoms with Crippen molar-refractivity contribution in [3.05, 3.63) is 10.3 Å². The largest absolute Gasteiger partial charge is 0.248 e. The van der Waals surface area contributed by atoms with E-state index in [4.69, 9.17) is 0 Å². The molecule has 0 saturated carbocycles. The SMILES string of the molecule is CCc1c(Br)nnn1CC. The lowest BCUT2D eigenvalue weighted by atomic mass is 10.4. The molecule has 1 aromatic heterocycles. The zero-order valence-electron chi connectivity index (χ0n) is 6.13. The number of aromatic nitrogens is 3. The molecular weight excluding hydrogens is 194 g/mol. The molecule has 0 spiro atoms. The molecule has 56 valence electrons. The van der Waals surface area contributed by atoms with Crippen LogP contribution in [0.1, 0.15) is 19.5 Å². The summed E-state index contributed by atoms with van der Waals surface area (Å²) >= 11 is 3.32. The maximum absolute atomic E-state index is 3.92. The van der Waals surface area contributed by atoms with Gasteiger partial charge in [-0.3, -0.25) is 0 Å². The second-order valence-corrected chi connectivity index (χ2v) is 2.75. The third-order valence-corrected chi connectivity index (χ3v) is 2.04. The summed E-state index contributed by atoms with van der Waals surface area (Å²) in [4.78, 5) is 0. The number of nitrogens with zero attached hydrogens (tertiary/aromatic N) is 3. The van der Waals surface area contributed by atoms with Gasteiger partial charge < -0.3 is 0 Å². The lowest BCUT2D eigenvalue weighted by Gasteiger charge is -1.97. The van der Waals surface area contributed by atoms with Crippen LogP contribution in [0.2, 0.25) is 0 Å². The Morgan fingerprint density at radius 3 is 2.60 bits per heavy atom. The molecular formula is C6H10BrN3. The Kier molecular flexibility index (Phi) is 2.43. The first kappa shape index (κ1) is 7.72. The summed E-state index contributed by atoms with van der Waals surface area (Å²) in [5.41, 5.74) is 1.17. The van der Waals surface area contributed by atoms with Crippen LogP contribution in [0.4, 0.5) is 0 Å². The molecule has 10 heavy (non-hydrogen) atoms. The van der Waals surface area contributed by atoms with Gasteiger partial charge >= 0.3 is 0 Å². The Hall–Kier alpha value is -0.380. The Balaban J connectivity index is 3.01. The highest BCUT2D eigenvalue weighted by Crippen LogP contribution is 2.12. The van der Waals surface area contributed by atoms with Gasteiger partial charge in [0.1, 0.15) is 0 Å². The van der Waals surface area contributed by atoms with E-state index in [2.05, 4.69) is 40.1 Å². The Bertz CT molecular complexity index is 219. The molecule has 0 aliphatic carbocycles. The van der Waals surface area contributed by atoms with Crippen molar-refractivity contribution >= 4 is 15.9 Å². The fraction of sp³-hybridized carbons (Fsp3) is 0.667. The Morgan fingerprint density at radius 1 is 1.50 bits per heavy atom. The molecule has 1 heterocycles. The molecule has 4 heteroatoms. The second kappa shape index (κ2) is 3.14. The maximum Gasteiger partial charge on any atom is 0.151 e. The van der Waals surface area contributed by atoms with Crippen LogP contribution in [0.15, 0.2) is 4.60 Å². The van der Waals surface area contributed by atoms with Gasteiger partial charge in [-0.2, -0.15) is 0 Å². The highest BCUT2D eigenvalue weighted by atomic mass is 79.9. The van der Waals surface area contributed by atoms with E-state index in [1.54, 1.807) is 0 Å². The van der Waals surface area contributed by atoms with Crippen molar-refractivity contribution in [3.63, 3.8) is 0 Å². The lowest BCUT2D eigenvalue weighted by molar-refractivity contribution is 0.601. The first-order chi connectivity index (χ1) is 4.79. The summed E-state index contributed by atoms with van der Waals surface area (Å²) in [5.74, 6) is 0. The van der Waals surface area contributed by atoms with Crippen molar-refractivity contribution in [3.8, 4) is 0 Å². The average molecular weight is 204 g/mol. The van der Waals surface area contributed by atoms with E-state index >= 15 is 0 Å². The molecule has 0 aromatic carbocycles. The van der Waals surface area contributed by atoms with Crippen LogP contribution in [-0.4, -0.2) is 15.0 Å². The first-order valence-corrected chi connectivity index (χ1v) is 4.16. The van der Waals surface area contributed by atoms with Gasteiger partial charge in [-0.25, -0.2) is 4.68 Å². The van der Waals surface area contributed by atoms with E-state index in [9.17, 15) is 0 Å². The zero-order chi connectivity index (χ0) is 7.56. The van der Waals surface area contributed by atoms with E-state index in [1.807, 2.05) is 4.68 Å². The van der Waals surface area contributed by atoms with Crippen LogP contribution in [0.3, 0.4) is 0 Å². The van der Waals surface area contributed by atoms with Gasteiger partial charge in [0.15, 0.2) is 4.60 Å². The van der Waals surface area contributed by atoms with Gasteiger partial charge in [0.25, 0.3) is 0 Å². The van der Waals surface area contributed by atoms with E-state index in [1.165, 1.54) is 5.69 Å². The van der Waals surface area contributed by atoms with E-state index in [0.717, 1.165) is 17.6 Å². The van der Waals surface area contributed by atoms with Gasteiger partial charge in [0.05, 0.1) is 5.69 Å². The van der Waals surface area contributed by atoms with Crippen LogP contribution in [0, 0.1) is 0 Å². The number of aryl methyl sites for hydroxylation is 1. The number of halogens is 1. The molecule has 0 fully saturated rings. The monoisotopic (exact) mass is 203 g/mol. The molecule has 0 radical (unpaired) electrons. The van der Waals surface area contributed by atoms with E-state index in [-0.39, 0.29) is 0 Å². The van der Waals surface area contributed by atoms with Gasteiger partial charge in [0.2, 0.25) is 0 Å². The summed E-state index contributed by atoms with van der Waals surface area (Å²) in [6.07, 6.45) is 0.974. The molecule has 0 unspecified atom stereocenters. The van der Waals surface area contributed by atoms with Gasteiger partial charge in [-0.1, -0.05) is 12.1 Å². The predicted molar refractivity (Wildman–Crippen MR) is 42.8 cm³/mol. The second-order valence-electron chi connectivity index (χ2n) is 2.00. The van der Waals surface area contributed by atoms with Crippen LogP contribution < -0.4 is 0 Å². The van der Waals surface area contributed by atoms with Crippen LogP contribution in [0.5, 0.6) is 0 Å². The molecule has 0 saturated heterocycles. The molecule has 0 atom stereocenters. The normalized spacial score (nSPS) is 10.3. The Labute approximate surface area is 68.6 Å². The molecule has 0 bridgehead atoms. The average Bonchev–Trinajstić information content (AvgIpc) is 2.30. The topological polar surface area (TPSA) is 30.7 Å². The molecule has 3 nitrogen and oxygen atoms in total. The first-order valence-electron chi connectivity index (χ1n) is 3.37. The number of hydrogen-bond donors (Lipinski definition) is 0. The maximum atomic E-state index is 3.92. The summed E-state index contributed by atoms with van der Waals surface area (Å²) < 4.78 is 2.77. The van der Waals surface area contributed by atoms with Gasteiger partial charge in [0, 0.05) is 6.54 Å². The van der Waals surface area contributed by atoms with Crippen molar-refractivity contribution in [1.82, 2.24) is 15.0 Å². The standard InChI is InChI=1S/C6H10BrN3/c1-3-5-6(7)8-9-10(5)4-2/h3-4H2,1-2H3. The highest BCUT2D eigenvalue weighted by Gasteiger charge is 2.04. The minimum atomic E-state index is 0.872. The molecule has 1 aromatic rings. The number of hydrogen-bond acceptors (Lipinski definition) is 2. The zero-order valence-corrected chi connectivity index (χ0v) is 7.72. The van der Waals surface area contributed by atoms with Gasteiger partial charge in [-0.15, -0.1) is 5.10 Å². The minimum Gasteiger partial charge on any atom is -0.248 e. The van der Waals surface area contributed by atoms with Crippen molar-refractivity contribution in [2.24, 2.45) is 0 Å². The predicted octanol–water partition coefficient (Wildman–Crippen LogP) is 1.62. The lowest BCUT2D eigenvalue weighted by Crippen LogP contribution is -2.01. The summed E-state index contributed by atoms with van der Waals surface area (Å²) in [6, 6.07) is 0. The molecule has 1 rings (SSSR count). The van der Waals surface area contributed by atoms with Crippen molar-refractivity contribution in [1.29, 1.82) is 0 Å². The molecule has 0 amide bonds. The van der Waals surface area contributed by atoms with E-state index in [0.29, 0.717) is 0 Å². The highest BCUT2D eigenvalue weighted by molar-refractivity contribution is 9.10. The molecule has 0 aliphatic heterocycles. The summed E-state index contributed by atoms with van der Waals surface area (Å²) in [5, 5.41) is 7.81. The quantitative estimate of drug-likeness (QED) is 0.732. The fourth-order valence-corrected chi connectivity index (χ4v) is 1.45. The van der Waals surface area contributed by atoms with Crippen LogP contribution >= 0.6 is 15.9 Å². The van der Waals surface area contributed by atoms with Crippen molar-refractivity contribution < 1.29 is 0 Å². The minimum absolute atomic E-state index is 0.872. The van der Waals surface area contributed by atoms with Gasteiger partial charge in [-0.05, 0) is 29.3 Å². The molecule has 0 aliphatic rings. The van der Waals surface area contributed by atoms with Crippen LogP contribution in [0.25, 0.3) is 0 Å². The van der Waals surface area contributed by atoms with E-state index < -0.39 is 0 Å². The van der Waals surface area contributed by atoms with Crippen molar-refractivity contribution in [2.75, 3.05) is 0 Å².